The van der Waals surface area contributed by atoms with Crippen LogP contribution >= 0.6 is 11.8 Å². The predicted molar refractivity (Wildman–Crippen MR) is 96.5 cm³/mol. The number of carbonyl (C=O) groups excluding carboxylic acids is 1. The molecule has 2 heterocycles. The van der Waals surface area contributed by atoms with E-state index in [0.717, 1.165) is 49.8 Å². The Bertz CT molecular complexity index is 524. The number of piperazine rings is 1. The third kappa shape index (κ3) is 4.14. The first-order chi connectivity index (χ1) is 11.3. The highest BCUT2D eigenvalue weighted by Crippen LogP contribution is 2.29. The van der Waals surface area contributed by atoms with Crippen LogP contribution in [-0.4, -0.2) is 55.6 Å². The van der Waals surface area contributed by atoms with E-state index in [1.165, 1.54) is 18.6 Å². The number of anilines is 1. The topological polar surface area (TPSA) is 32.8 Å². The van der Waals surface area contributed by atoms with E-state index in [0.29, 0.717) is 11.8 Å². The number of benzene rings is 1. The number of rotatable bonds is 4. The van der Waals surface area contributed by atoms with Crippen LogP contribution in [0.5, 0.6) is 5.75 Å². The van der Waals surface area contributed by atoms with Gasteiger partial charge in [0.25, 0.3) is 0 Å². The molecule has 3 rings (SSSR count). The zero-order valence-electron chi connectivity index (χ0n) is 13.9. The third-order valence-corrected chi connectivity index (χ3v) is 6.06. The first-order valence-corrected chi connectivity index (χ1v) is 9.67. The summed E-state index contributed by atoms with van der Waals surface area (Å²) in [5, 5.41) is 0. The molecule has 0 aliphatic carbocycles. The fraction of sp³-hybridized carbons (Fsp3) is 0.611. The highest BCUT2D eigenvalue weighted by Gasteiger charge is 2.25. The number of hydrogen-bond acceptors (Lipinski definition) is 4. The highest BCUT2D eigenvalue weighted by molar-refractivity contribution is 7.99. The summed E-state index contributed by atoms with van der Waals surface area (Å²) in [7, 11) is 1.71. The summed E-state index contributed by atoms with van der Waals surface area (Å²) < 4.78 is 5.45. The second-order valence-corrected chi connectivity index (χ2v) is 7.48. The average Bonchev–Trinajstić information content (AvgIpc) is 2.62. The predicted octanol–water partition coefficient (Wildman–Crippen LogP) is 2.88. The molecule has 2 aliphatic rings. The Labute approximate surface area is 143 Å². The molecular formula is C18H26N2O2S. The van der Waals surface area contributed by atoms with E-state index in [1.807, 2.05) is 34.9 Å². The van der Waals surface area contributed by atoms with Crippen molar-refractivity contribution < 1.29 is 9.53 Å². The van der Waals surface area contributed by atoms with Crippen molar-refractivity contribution in [2.24, 2.45) is 5.92 Å². The molecule has 1 atom stereocenters. The molecule has 1 aromatic rings. The van der Waals surface area contributed by atoms with Crippen molar-refractivity contribution in [3.63, 3.8) is 0 Å². The van der Waals surface area contributed by atoms with Crippen LogP contribution in [0.2, 0.25) is 0 Å². The summed E-state index contributed by atoms with van der Waals surface area (Å²) in [6, 6.07) is 8.11. The molecule has 1 amide bonds. The number of hydrogen-bond donors (Lipinski definition) is 0. The lowest BCUT2D eigenvalue weighted by Crippen LogP contribution is -2.49. The first-order valence-electron chi connectivity index (χ1n) is 8.51. The number of thioether (sulfide) groups is 1. The van der Waals surface area contributed by atoms with Gasteiger partial charge < -0.3 is 14.5 Å². The van der Waals surface area contributed by atoms with Crippen LogP contribution in [0.1, 0.15) is 19.3 Å². The van der Waals surface area contributed by atoms with Crippen LogP contribution < -0.4 is 9.64 Å². The molecule has 23 heavy (non-hydrogen) atoms. The van der Waals surface area contributed by atoms with Gasteiger partial charge in [0.05, 0.1) is 12.8 Å². The molecule has 1 unspecified atom stereocenters. The van der Waals surface area contributed by atoms with Crippen molar-refractivity contribution in [3.8, 4) is 5.75 Å². The monoisotopic (exact) mass is 334 g/mol. The van der Waals surface area contributed by atoms with Crippen molar-refractivity contribution >= 4 is 23.4 Å². The molecule has 0 aromatic heterocycles. The smallest absolute Gasteiger partial charge is 0.222 e. The van der Waals surface area contributed by atoms with Gasteiger partial charge in [0.15, 0.2) is 0 Å². The molecule has 0 radical (unpaired) electrons. The number of carbonyl (C=O) groups is 1. The van der Waals surface area contributed by atoms with Crippen LogP contribution in [0.3, 0.4) is 0 Å². The Kier molecular flexibility index (Phi) is 5.70. The third-order valence-electron chi connectivity index (χ3n) is 4.78. The molecule has 2 saturated heterocycles. The quantitative estimate of drug-likeness (QED) is 0.848. The highest BCUT2D eigenvalue weighted by atomic mass is 32.2. The molecule has 126 valence electrons. The van der Waals surface area contributed by atoms with Gasteiger partial charge in [0, 0.05) is 32.6 Å². The normalized spacial score (nSPS) is 22.0. The van der Waals surface area contributed by atoms with Gasteiger partial charge in [0.2, 0.25) is 5.91 Å². The maximum Gasteiger partial charge on any atom is 0.222 e. The average molecular weight is 334 g/mol. The van der Waals surface area contributed by atoms with E-state index < -0.39 is 0 Å². The van der Waals surface area contributed by atoms with Gasteiger partial charge in [-0.15, -0.1) is 0 Å². The van der Waals surface area contributed by atoms with Crippen molar-refractivity contribution in [2.75, 3.05) is 49.7 Å². The SMILES string of the molecule is COc1ccccc1N1CCN(C(=O)CC2CCCSC2)CC1. The Morgan fingerprint density at radius 1 is 1.26 bits per heavy atom. The van der Waals surface area contributed by atoms with Crippen LogP contribution in [0.4, 0.5) is 5.69 Å². The van der Waals surface area contributed by atoms with Crippen LogP contribution in [-0.2, 0) is 4.79 Å². The van der Waals surface area contributed by atoms with Gasteiger partial charge in [-0.1, -0.05) is 12.1 Å². The van der Waals surface area contributed by atoms with E-state index in [1.54, 1.807) is 7.11 Å². The minimum atomic E-state index is 0.345. The van der Waals surface area contributed by atoms with Crippen LogP contribution in [0, 0.1) is 5.92 Å². The summed E-state index contributed by atoms with van der Waals surface area (Å²) in [6.07, 6.45) is 3.23. The molecule has 2 fully saturated rings. The first kappa shape index (κ1) is 16.5. The Morgan fingerprint density at radius 2 is 2.04 bits per heavy atom. The largest absolute Gasteiger partial charge is 0.495 e. The van der Waals surface area contributed by atoms with Gasteiger partial charge in [-0.2, -0.15) is 11.8 Å². The molecule has 0 bridgehead atoms. The minimum absolute atomic E-state index is 0.345. The number of para-hydroxylation sites is 2. The fourth-order valence-corrected chi connectivity index (χ4v) is 4.59. The molecule has 5 heteroatoms. The molecule has 0 N–H and O–H groups in total. The van der Waals surface area contributed by atoms with E-state index >= 15 is 0 Å². The number of methoxy groups -OCH3 is 1. The maximum absolute atomic E-state index is 12.5. The van der Waals surface area contributed by atoms with Crippen molar-refractivity contribution in [3.05, 3.63) is 24.3 Å². The Hall–Kier alpha value is -1.36. The van der Waals surface area contributed by atoms with Gasteiger partial charge in [0.1, 0.15) is 5.75 Å². The number of nitrogens with zero attached hydrogens (tertiary/aromatic N) is 2. The van der Waals surface area contributed by atoms with Gasteiger partial charge in [-0.25, -0.2) is 0 Å². The lowest BCUT2D eigenvalue weighted by molar-refractivity contribution is -0.132. The Morgan fingerprint density at radius 3 is 2.74 bits per heavy atom. The van der Waals surface area contributed by atoms with E-state index in [4.69, 9.17) is 4.74 Å². The Balaban J connectivity index is 1.52. The van der Waals surface area contributed by atoms with Crippen molar-refractivity contribution in [1.29, 1.82) is 0 Å². The maximum atomic E-state index is 12.5. The van der Waals surface area contributed by atoms with Gasteiger partial charge in [-0.05, 0) is 42.4 Å². The zero-order chi connectivity index (χ0) is 16.1. The summed E-state index contributed by atoms with van der Waals surface area (Å²) in [5.41, 5.74) is 1.13. The molecule has 0 saturated carbocycles. The summed E-state index contributed by atoms with van der Waals surface area (Å²) in [4.78, 5) is 16.9. The summed E-state index contributed by atoms with van der Waals surface area (Å²) in [5.74, 6) is 4.27. The molecular weight excluding hydrogens is 308 g/mol. The number of amides is 1. The van der Waals surface area contributed by atoms with E-state index in [2.05, 4.69) is 11.0 Å². The van der Waals surface area contributed by atoms with E-state index in [-0.39, 0.29) is 0 Å². The molecule has 0 spiro atoms. The second kappa shape index (κ2) is 7.95. The van der Waals surface area contributed by atoms with Crippen molar-refractivity contribution in [2.45, 2.75) is 19.3 Å². The fourth-order valence-electron chi connectivity index (χ4n) is 3.43. The zero-order valence-corrected chi connectivity index (χ0v) is 14.7. The lowest BCUT2D eigenvalue weighted by Gasteiger charge is -2.37. The van der Waals surface area contributed by atoms with Crippen molar-refractivity contribution in [1.82, 2.24) is 4.90 Å². The standard InChI is InChI=1S/C18H26N2O2S/c1-22-17-7-3-2-6-16(17)19-8-10-20(11-9-19)18(21)13-15-5-4-12-23-14-15/h2-3,6-7,15H,4-5,8-14H2,1H3. The minimum Gasteiger partial charge on any atom is -0.495 e. The van der Waals surface area contributed by atoms with Gasteiger partial charge in [-0.3, -0.25) is 4.79 Å². The summed E-state index contributed by atoms with van der Waals surface area (Å²) >= 11 is 2.00. The second-order valence-electron chi connectivity index (χ2n) is 6.33. The number of ether oxygens (including phenoxy) is 1. The lowest BCUT2D eigenvalue weighted by atomic mass is 10.0. The summed E-state index contributed by atoms with van der Waals surface area (Å²) in [6.45, 7) is 3.39. The van der Waals surface area contributed by atoms with Gasteiger partial charge >= 0.3 is 0 Å². The molecule has 4 nitrogen and oxygen atoms in total. The molecule has 1 aromatic carbocycles. The van der Waals surface area contributed by atoms with Crippen LogP contribution in [0.15, 0.2) is 24.3 Å². The van der Waals surface area contributed by atoms with Crippen LogP contribution in [0.25, 0.3) is 0 Å². The molecule has 2 aliphatic heterocycles. The van der Waals surface area contributed by atoms with E-state index in [9.17, 15) is 4.79 Å².